The zero-order valence-electron chi connectivity index (χ0n) is 7.50. The molecule has 1 rings (SSSR count). The Hall–Kier alpha value is -1.68. The van der Waals surface area contributed by atoms with Gasteiger partial charge in [0, 0.05) is 10.6 Å². The van der Waals surface area contributed by atoms with E-state index >= 15 is 0 Å². The van der Waals surface area contributed by atoms with Gasteiger partial charge in [-0.05, 0) is 6.07 Å². The molecule has 74 valence electrons. The lowest BCUT2D eigenvalue weighted by Gasteiger charge is -2.06. The van der Waals surface area contributed by atoms with E-state index in [1.54, 1.807) is 6.07 Å². The summed E-state index contributed by atoms with van der Waals surface area (Å²) in [6, 6.07) is 7.27. The van der Waals surface area contributed by atoms with Crippen molar-refractivity contribution >= 4 is 23.3 Å². The van der Waals surface area contributed by atoms with E-state index in [2.05, 4.69) is 17.1 Å². The summed E-state index contributed by atoms with van der Waals surface area (Å²) in [5, 5.41) is 4.20. The average molecular weight is 211 g/mol. The second-order valence-corrected chi connectivity index (χ2v) is 3.01. The molecular formula is C9H11ClN4. The van der Waals surface area contributed by atoms with Gasteiger partial charge in [0.15, 0.2) is 0 Å². The number of nitrogens with zero attached hydrogens (tertiary/aromatic N) is 1. The zero-order chi connectivity index (χ0) is 10.6. The predicted octanol–water partition coefficient (Wildman–Crippen LogP) is 1.09. The Morgan fingerprint density at radius 3 is 2.57 bits per heavy atom. The van der Waals surface area contributed by atoms with Crippen LogP contribution in [0.3, 0.4) is 0 Å². The number of nitrogens with two attached hydrogens (primary N) is 2. The van der Waals surface area contributed by atoms with Gasteiger partial charge in [0.05, 0.1) is 5.70 Å². The number of hydrazone groups is 1. The molecule has 0 spiro atoms. The van der Waals surface area contributed by atoms with Crippen molar-refractivity contribution in [2.75, 3.05) is 0 Å². The smallest absolute Gasteiger partial charge is 0.208 e. The van der Waals surface area contributed by atoms with Crippen LogP contribution in [0.1, 0.15) is 5.56 Å². The van der Waals surface area contributed by atoms with Crippen molar-refractivity contribution in [1.29, 1.82) is 0 Å². The van der Waals surface area contributed by atoms with Crippen LogP contribution >= 0.6 is 11.6 Å². The van der Waals surface area contributed by atoms with Gasteiger partial charge in [-0.1, -0.05) is 36.4 Å². The first-order chi connectivity index (χ1) is 6.61. The van der Waals surface area contributed by atoms with Crippen LogP contribution in [-0.2, 0) is 0 Å². The SMILES string of the molecule is C=C(NN=C(N)N)c1ccccc1Cl. The Bertz CT molecular complexity index is 369. The van der Waals surface area contributed by atoms with Crippen molar-refractivity contribution in [3.63, 3.8) is 0 Å². The van der Waals surface area contributed by atoms with Crippen molar-refractivity contribution in [2.45, 2.75) is 0 Å². The molecule has 0 heterocycles. The standard InChI is InChI=1S/C9H11ClN4/c1-6(13-14-9(11)12)7-4-2-3-5-8(7)10/h2-5,13H,1H2,(H4,11,12,14). The number of halogens is 1. The largest absolute Gasteiger partial charge is 0.369 e. The number of benzene rings is 1. The molecule has 0 atom stereocenters. The highest BCUT2D eigenvalue weighted by Gasteiger charge is 2.01. The molecule has 5 heteroatoms. The molecule has 0 aliphatic rings. The summed E-state index contributed by atoms with van der Waals surface area (Å²) in [7, 11) is 0. The number of hydrogen-bond donors (Lipinski definition) is 3. The highest BCUT2D eigenvalue weighted by Crippen LogP contribution is 2.20. The first-order valence-corrected chi connectivity index (χ1v) is 4.27. The molecule has 0 aliphatic carbocycles. The summed E-state index contributed by atoms with van der Waals surface area (Å²) in [6.07, 6.45) is 0. The van der Waals surface area contributed by atoms with E-state index in [0.29, 0.717) is 10.7 Å². The lowest BCUT2D eigenvalue weighted by Crippen LogP contribution is -2.25. The van der Waals surface area contributed by atoms with Gasteiger partial charge in [0.1, 0.15) is 0 Å². The summed E-state index contributed by atoms with van der Waals surface area (Å²) in [5.74, 6) is -0.0572. The maximum atomic E-state index is 5.92. The van der Waals surface area contributed by atoms with Crippen molar-refractivity contribution in [3.05, 3.63) is 41.4 Å². The van der Waals surface area contributed by atoms with Crippen molar-refractivity contribution < 1.29 is 0 Å². The van der Waals surface area contributed by atoms with E-state index in [4.69, 9.17) is 23.1 Å². The van der Waals surface area contributed by atoms with Gasteiger partial charge in [-0.15, -0.1) is 5.10 Å². The van der Waals surface area contributed by atoms with Crippen molar-refractivity contribution in [1.82, 2.24) is 5.43 Å². The third-order valence-electron chi connectivity index (χ3n) is 1.52. The van der Waals surface area contributed by atoms with Crippen LogP contribution in [0.2, 0.25) is 5.02 Å². The van der Waals surface area contributed by atoms with Crippen LogP contribution < -0.4 is 16.9 Å². The molecule has 0 unspecified atom stereocenters. The van der Waals surface area contributed by atoms with E-state index in [0.717, 1.165) is 5.56 Å². The molecule has 4 nitrogen and oxygen atoms in total. The quantitative estimate of drug-likeness (QED) is 0.397. The molecular weight excluding hydrogens is 200 g/mol. The minimum Gasteiger partial charge on any atom is -0.369 e. The fourth-order valence-corrected chi connectivity index (χ4v) is 1.15. The van der Waals surface area contributed by atoms with E-state index in [1.807, 2.05) is 18.2 Å². The number of guanidine groups is 1. The fraction of sp³-hybridized carbons (Fsp3) is 0. The Kier molecular flexibility index (Phi) is 3.36. The summed E-state index contributed by atoms with van der Waals surface area (Å²) < 4.78 is 0. The minimum atomic E-state index is -0.0572. The Morgan fingerprint density at radius 1 is 1.36 bits per heavy atom. The monoisotopic (exact) mass is 210 g/mol. The highest BCUT2D eigenvalue weighted by atomic mass is 35.5. The number of nitrogens with one attached hydrogen (secondary N) is 1. The molecule has 0 fully saturated rings. The molecule has 0 saturated heterocycles. The first-order valence-electron chi connectivity index (χ1n) is 3.89. The van der Waals surface area contributed by atoms with Crippen molar-refractivity contribution in [2.24, 2.45) is 16.6 Å². The zero-order valence-corrected chi connectivity index (χ0v) is 8.25. The molecule has 0 aliphatic heterocycles. The molecule has 1 aromatic carbocycles. The van der Waals surface area contributed by atoms with E-state index in [1.165, 1.54) is 0 Å². The summed E-state index contributed by atoms with van der Waals surface area (Å²) in [5.41, 5.74) is 14.2. The lowest BCUT2D eigenvalue weighted by molar-refractivity contribution is 0.983. The first kappa shape index (κ1) is 10.4. The van der Waals surface area contributed by atoms with Crippen LogP contribution in [0, 0.1) is 0 Å². The normalized spacial score (nSPS) is 9.21. The van der Waals surface area contributed by atoms with Crippen LogP contribution in [0.25, 0.3) is 5.70 Å². The van der Waals surface area contributed by atoms with Crippen molar-refractivity contribution in [3.8, 4) is 0 Å². The maximum Gasteiger partial charge on any atom is 0.208 e. The minimum absolute atomic E-state index is 0.0572. The predicted molar refractivity (Wildman–Crippen MR) is 59.4 cm³/mol. The van der Waals surface area contributed by atoms with E-state index in [9.17, 15) is 0 Å². The van der Waals surface area contributed by atoms with Crippen LogP contribution in [0.15, 0.2) is 35.9 Å². The van der Waals surface area contributed by atoms with Gasteiger partial charge < -0.3 is 11.5 Å². The molecule has 1 aromatic rings. The number of hydrogen-bond acceptors (Lipinski definition) is 2. The summed E-state index contributed by atoms with van der Waals surface area (Å²) >= 11 is 5.92. The molecule has 0 bridgehead atoms. The van der Waals surface area contributed by atoms with Gasteiger partial charge in [-0.3, -0.25) is 5.43 Å². The Labute approximate surface area is 87.2 Å². The summed E-state index contributed by atoms with van der Waals surface area (Å²) in [4.78, 5) is 0. The number of rotatable bonds is 3. The third kappa shape index (κ3) is 2.67. The van der Waals surface area contributed by atoms with Gasteiger partial charge in [0.25, 0.3) is 0 Å². The summed E-state index contributed by atoms with van der Waals surface area (Å²) in [6.45, 7) is 3.74. The van der Waals surface area contributed by atoms with Gasteiger partial charge in [-0.2, -0.15) is 0 Å². The highest BCUT2D eigenvalue weighted by molar-refractivity contribution is 6.32. The second-order valence-electron chi connectivity index (χ2n) is 2.61. The Balaban J connectivity index is 2.80. The van der Waals surface area contributed by atoms with Crippen LogP contribution in [0.5, 0.6) is 0 Å². The molecule has 0 amide bonds. The average Bonchev–Trinajstić information content (AvgIpc) is 2.15. The molecule has 14 heavy (non-hydrogen) atoms. The maximum absolute atomic E-state index is 5.92. The van der Waals surface area contributed by atoms with Gasteiger partial charge in [-0.25, -0.2) is 0 Å². The lowest BCUT2D eigenvalue weighted by atomic mass is 10.2. The molecule has 5 N–H and O–H groups in total. The van der Waals surface area contributed by atoms with Gasteiger partial charge in [0.2, 0.25) is 5.96 Å². The fourth-order valence-electron chi connectivity index (χ4n) is 0.898. The Morgan fingerprint density at radius 2 is 2.00 bits per heavy atom. The second kappa shape index (κ2) is 4.53. The van der Waals surface area contributed by atoms with Crippen LogP contribution in [0.4, 0.5) is 0 Å². The molecule has 0 saturated carbocycles. The topological polar surface area (TPSA) is 76.4 Å². The van der Waals surface area contributed by atoms with E-state index < -0.39 is 0 Å². The third-order valence-corrected chi connectivity index (χ3v) is 1.85. The molecule has 0 radical (unpaired) electrons. The molecule has 0 aromatic heterocycles. The van der Waals surface area contributed by atoms with Crippen LogP contribution in [-0.4, -0.2) is 5.96 Å². The van der Waals surface area contributed by atoms with Gasteiger partial charge >= 0.3 is 0 Å². The van der Waals surface area contributed by atoms with E-state index in [-0.39, 0.29) is 5.96 Å².